The molecule has 0 spiro atoms. The molecule has 1 nitrogen and oxygen atoms in total. The summed E-state index contributed by atoms with van der Waals surface area (Å²) in [6.45, 7) is 4.19. The van der Waals surface area contributed by atoms with Gasteiger partial charge in [0.2, 0.25) is 0 Å². The summed E-state index contributed by atoms with van der Waals surface area (Å²) in [6, 6.07) is 0. The van der Waals surface area contributed by atoms with E-state index in [4.69, 9.17) is 3.76 Å². The number of hydrogen-bond donors (Lipinski definition) is 0. The quantitative estimate of drug-likeness (QED) is 0.587. The van der Waals surface area contributed by atoms with Crippen LogP contribution in [0.1, 0.15) is 13.8 Å². The Kier molecular flexibility index (Phi) is 3.06. The normalized spacial score (nSPS) is 12.8. The molecule has 0 aliphatic heterocycles. The molecule has 0 saturated heterocycles. The van der Waals surface area contributed by atoms with Crippen molar-refractivity contribution in [2.75, 3.05) is 0 Å². The Hall–Kier alpha value is 0.503. The standard InChI is InChI=1S/C6H16GeO/c1-6(2)8-7(3,4)5/h6H,1-5H3. The summed E-state index contributed by atoms with van der Waals surface area (Å²) in [5.41, 5.74) is 0. The minimum atomic E-state index is -1.66. The van der Waals surface area contributed by atoms with Crippen molar-refractivity contribution in [3.05, 3.63) is 0 Å². The summed E-state index contributed by atoms with van der Waals surface area (Å²) in [7, 11) is 0. The van der Waals surface area contributed by atoms with Crippen LogP contribution in [0, 0.1) is 0 Å². The molecule has 0 aromatic rings. The van der Waals surface area contributed by atoms with Crippen molar-refractivity contribution in [2.45, 2.75) is 37.2 Å². The van der Waals surface area contributed by atoms with Gasteiger partial charge >= 0.3 is 54.6 Å². The molecule has 0 fully saturated rings. The Labute approximate surface area is 55.1 Å². The van der Waals surface area contributed by atoms with Gasteiger partial charge in [-0.2, -0.15) is 0 Å². The van der Waals surface area contributed by atoms with Crippen molar-refractivity contribution >= 4 is 13.6 Å². The number of hydrogen-bond acceptors (Lipinski definition) is 1. The van der Waals surface area contributed by atoms with Gasteiger partial charge in [-0.05, 0) is 0 Å². The van der Waals surface area contributed by atoms with E-state index in [9.17, 15) is 0 Å². The first-order chi connectivity index (χ1) is 3.42. The van der Waals surface area contributed by atoms with Crippen LogP contribution in [0.25, 0.3) is 0 Å². The number of rotatable bonds is 2. The molecule has 0 aromatic carbocycles. The van der Waals surface area contributed by atoms with E-state index in [1.807, 2.05) is 0 Å². The topological polar surface area (TPSA) is 9.23 Å². The van der Waals surface area contributed by atoms with Crippen LogP contribution >= 0.6 is 0 Å². The second-order valence-corrected chi connectivity index (χ2v) is 12.6. The van der Waals surface area contributed by atoms with Gasteiger partial charge in [-0.3, -0.25) is 0 Å². The zero-order chi connectivity index (χ0) is 6.78. The summed E-state index contributed by atoms with van der Waals surface area (Å²) < 4.78 is 5.62. The maximum absolute atomic E-state index is 5.62. The van der Waals surface area contributed by atoms with Crippen LogP contribution in [-0.4, -0.2) is 19.7 Å². The van der Waals surface area contributed by atoms with Crippen LogP contribution in [0.4, 0.5) is 0 Å². The van der Waals surface area contributed by atoms with Gasteiger partial charge in [0.25, 0.3) is 0 Å². The molecular formula is C6H16GeO. The van der Waals surface area contributed by atoms with Gasteiger partial charge in [0, 0.05) is 0 Å². The fraction of sp³-hybridized carbons (Fsp3) is 1.00. The monoisotopic (exact) mass is 178 g/mol. The molecular weight excluding hydrogens is 161 g/mol. The Morgan fingerprint density at radius 1 is 1.12 bits per heavy atom. The molecule has 0 unspecified atom stereocenters. The molecule has 50 valence electrons. The fourth-order valence-electron chi connectivity index (χ4n) is 0.707. The molecule has 0 atom stereocenters. The Bertz CT molecular complexity index is 63.4. The maximum atomic E-state index is 5.62. The second kappa shape index (κ2) is 2.88. The van der Waals surface area contributed by atoms with Crippen molar-refractivity contribution in [1.82, 2.24) is 0 Å². The predicted octanol–water partition coefficient (Wildman–Crippen LogP) is 2.25. The summed E-state index contributed by atoms with van der Waals surface area (Å²) in [5, 5.41) is 0. The van der Waals surface area contributed by atoms with E-state index in [1.165, 1.54) is 0 Å². The molecule has 0 amide bonds. The van der Waals surface area contributed by atoms with E-state index in [-0.39, 0.29) is 0 Å². The van der Waals surface area contributed by atoms with Crippen LogP contribution in [0.15, 0.2) is 0 Å². The minimum absolute atomic E-state index is 0.426. The fourth-order valence-corrected chi connectivity index (χ4v) is 3.67. The summed E-state index contributed by atoms with van der Waals surface area (Å²) in [6.07, 6.45) is 0.426. The first-order valence-corrected chi connectivity index (χ1v) is 10.2. The van der Waals surface area contributed by atoms with Crippen molar-refractivity contribution in [1.29, 1.82) is 0 Å². The van der Waals surface area contributed by atoms with Crippen molar-refractivity contribution < 1.29 is 3.76 Å². The third-order valence-electron chi connectivity index (χ3n) is 0.589. The molecule has 0 heterocycles. The van der Waals surface area contributed by atoms with Crippen LogP contribution in [0.2, 0.25) is 17.3 Å². The van der Waals surface area contributed by atoms with Gasteiger partial charge < -0.3 is 0 Å². The SMILES string of the molecule is CC(C)[O][Ge]([CH3])([CH3])[CH3]. The Morgan fingerprint density at radius 3 is 1.50 bits per heavy atom. The molecule has 0 radical (unpaired) electrons. The molecule has 0 N–H and O–H groups in total. The van der Waals surface area contributed by atoms with Gasteiger partial charge in [0.05, 0.1) is 0 Å². The zero-order valence-electron chi connectivity index (χ0n) is 6.49. The van der Waals surface area contributed by atoms with Crippen LogP contribution in [0.3, 0.4) is 0 Å². The van der Waals surface area contributed by atoms with E-state index in [1.54, 1.807) is 0 Å². The van der Waals surface area contributed by atoms with Gasteiger partial charge in [0.15, 0.2) is 0 Å². The van der Waals surface area contributed by atoms with Gasteiger partial charge in [0.1, 0.15) is 0 Å². The summed E-state index contributed by atoms with van der Waals surface area (Å²) in [5.74, 6) is 6.75. The van der Waals surface area contributed by atoms with Crippen molar-refractivity contribution in [3.8, 4) is 0 Å². The Morgan fingerprint density at radius 2 is 1.50 bits per heavy atom. The predicted molar refractivity (Wildman–Crippen MR) is 39.6 cm³/mol. The zero-order valence-corrected chi connectivity index (χ0v) is 8.58. The van der Waals surface area contributed by atoms with Crippen LogP contribution in [-0.2, 0) is 3.76 Å². The molecule has 0 saturated carbocycles. The third kappa shape index (κ3) is 6.50. The van der Waals surface area contributed by atoms with E-state index < -0.39 is 13.6 Å². The van der Waals surface area contributed by atoms with E-state index >= 15 is 0 Å². The van der Waals surface area contributed by atoms with E-state index in [2.05, 4.69) is 31.1 Å². The average molecular weight is 177 g/mol. The van der Waals surface area contributed by atoms with Gasteiger partial charge in [-0.15, -0.1) is 0 Å². The van der Waals surface area contributed by atoms with Crippen molar-refractivity contribution in [3.63, 3.8) is 0 Å². The Balaban J connectivity index is 3.39. The van der Waals surface area contributed by atoms with Gasteiger partial charge in [-0.1, -0.05) is 0 Å². The van der Waals surface area contributed by atoms with E-state index in [0.29, 0.717) is 6.10 Å². The molecule has 0 rings (SSSR count). The second-order valence-electron chi connectivity index (χ2n) is 3.28. The van der Waals surface area contributed by atoms with E-state index in [0.717, 1.165) is 0 Å². The molecule has 0 bridgehead atoms. The molecule has 8 heavy (non-hydrogen) atoms. The average Bonchev–Trinajstić information content (AvgIpc) is 1.21. The molecule has 2 heteroatoms. The van der Waals surface area contributed by atoms with Gasteiger partial charge in [-0.25, -0.2) is 0 Å². The third-order valence-corrected chi connectivity index (χ3v) is 3.06. The first kappa shape index (κ1) is 8.50. The van der Waals surface area contributed by atoms with Crippen LogP contribution < -0.4 is 0 Å². The van der Waals surface area contributed by atoms with Crippen LogP contribution in [0.5, 0.6) is 0 Å². The molecule has 0 aromatic heterocycles. The first-order valence-electron chi connectivity index (χ1n) is 3.09. The summed E-state index contributed by atoms with van der Waals surface area (Å²) >= 11 is -1.66. The van der Waals surface area contributed by atoms with Crippen molar-refractivity contribution in [2.24, 2.45) is 0 Å². The molecule has 0 aliphatic carbocycles. The summed E-state index contributed by atoms with van der Waals surface area (Å²) in [4.78, 5) is 0. The molecule has 0 aliphatic rings.